The van der Waals surface area contributed by atoms with Crippen molar-refractivity contribution >= 4 is 27.3 Å². The van der Waals surface area contributed by atoms with Crippen LogP contribution >= 0.6 is 0 Å². The van der Waals surface area contributed by atoms with Crippen molar-refractivity contribution in [3.63, 3.8) is 0 Å². The highest BCUT2D eigenvalue weighted by Gasteiger charge is 2.26. The minimum atomic E-state index is -3.56. The van der Waals surface area contributed by atoms with Crippen LogP contribution in [-0.2, 0) is 19.6 Å². The molecule has 0 spiro atoms. The number of hydrogen-bond acceptors (Lipinski definition) is 5. The number of sulfonamides is 1. The Labute approximate surface area is 159 Å². The maximum absolute atomic E-state index is 12.7. The first-order valence-corrected chi connectivity index (χ1v) is 10.2. The second-order valence-corrected chi connectivity index (χ2v) is 8.12. The summed E-state index contributed by atoms with van der Waals surface area (Å²) in [5, 5.41) is 3.01. The van der Waals surface area contributed by atoms with Crippen molar-refractivity contribution in [2.24, 2.45) is 0 Å². The maximum Gasteiger partial charge on any atom is 0.246 e. The van der Waals surface area contributed by atoms with E-state index in [1.807, 2.05) is 30.3 Å². The Kier molecular flexibility index (Phi) is 6.10. The Morgan fingerprint density at radius 3 is 2.52 bits per heavy atom. The summed E-state index contributed by atoms with van der Waals surface area (Å²) in [5.41, 5.74) is 1.38. The molecule has 7 nitrogen and oxygen atoms in total. The van der Waals surface area contributed by atoms with Crippen LogP contribution in [0.25, 0.3) is 0 Å². The summed E-state index contributed by atoms with van der Waals surface area (Å²) in [5.74, 6) is -0.123. The molecule has 0 bridgehead atoms. The summed E-state index contributed by atoms with van der Waals surface area (Å²) >= 11 is 0. The van der Waals surface area contributed by atoms with Gasteiger partial charge < -0.3 is 15.0 Å². The number of likely N-dealkylation sites (N-methyl/N-ethyl adjacent to an activating group) is 1. The van der Waals surface area contributed by atoms with E-state index in [4.69, 9.17) is 4.74 Å². The van der Waals surface area contributed by atoms with Crippen LogP contribution in [0.5, 0.6) is 0 Å². The van der Waals surface area contributed by atoms with Gasteiger partial charge in [0.2, 0.25) is 15.9 Å². The number of nitrogens with one attached hydrogen (secondary N) is 1. The minimum Gasteiger partial charge on any atom is -0.379 e. The second-order valence-electron chi connectivity index (χ2n) is 6.19. The highest BCUT2D eigenvalue weighted by molar-refractivity contribution is 7.89. The third-order valence-electron chi connectivity index (χ3n) is 4.40. The fraction of sp³-hybridized carbons (Fsp3) is 0.316. The molecule has 0 radical (unpaired) electrons. The van der Waals surface area contributed by atoms with Gasteiger partial charge in [-0.15, -0.1) is 0 Å². The van der Waals surface area contributed by atoms with Crippen LogP contribution in [0.3, 0.4) is 0 Å². The molecule has 0 unspecified atom stereocenters. The maximum atomic E-state index is 12.7. The Balaban J connectivity index is 1.66. The van der Waals surface area contributed by atoms with E-state index in [1.54, 1.807) is 36.2 Å². The average molecular weight is 389 g/mol. The Hall–Kier alpha value is -2.42. The first-order chi connectivity index (χ1) is 13.0. The van der Waals surface area contributed by atoms with Crippen LogP contribution in [-0.4, -0.2) is 58.5 Å². The van der Waals surface area contributed by atoms with E-state index in [1.165, 1.54) is 4.31 Å². The highest BCUT2D eigenvalue weighted by Crippen LogP contribution is 2.20. The molecular weight excluding hydrogens is 366 g/mol. The van der Waals surface area contributed by atoms with Gasteiger partial charge in [-0.25, -0.2) is 8.42 Å². The summed E-state index contributed by atoms with van der Waals surface area (Å²) in [7, 11) is -1.86. The van der Waals surface area contributed by atoms with E-state index in [0.29, 0.717) is 32.0 Å². The number of rotatable bonds is 6. The molecule has 0 aromatic heterocycles. The van der Waals surface area contributed by atoms with Crippen molar-refractivity contribution in [2.45, 2.75) is 4.90 Å². The SMILES string of the molecule is CN(C(=O)CNc1cccc(S(=O)(=O)N2CCOCC2)c1)c1ccccc1. The molecule has 1 N–H and O–H groups in total. The number of morpholine rings is 1. The van der Waals surface area contributed by atoms with E-state index < -0.39 is 10.0 Å². The van der Waals surface area contributed by atoms with Crippen molar-refractivity contribution in [2.75, 3.05) is 50.1 Å². The summed E-state index contributed by atoms with van der Waals surface area (Å²) in [4.78, 5) is 14.1. The molecule has 144 valence electrons. The van der Waals surface area contributed by atoms with E-state index in [-0.39, 0.29) is 17.3 Å². The lowest BCUT2D eigenvalue weighted by Crippen LogP contribution is -2.40. The molecule has 0 atom stereocenters. The standard InChI is InChI=1S/C19H23N3O4S/c1-21(17-7-3-2-4-8-17)19(23)15-20-16-6-5-9-18(14-16)27(24,25)22-10-12-26-13-11-22/h2-9,14,20H,10-13,15H2,1H3. The number of ether oxygens (including phenoxy) is 1. The third kappa shape index (κ3) is 4.65. The molecule has 1 saturated heterocycles. The number of amides is 1. The van der Waals surface area contributed by atoms with Crippen molar-refractivity contribution in [3.05, 3.63) is 54.6 Å². The number of hydrogen-bond donors (Lipinski definition) is 1. The molecule has 1 heterocycles. The van der Waals surface area contributed by atoms with E-state index in [0.717, 1.165) is 5.69 Å². The van der Waals surface area contributed by atoms with Crippen LogP contribution in [0.2, 0.25) is 0 Å². The molecule has 0 saturated carbocycles. The first kappa shape index (κ1) is 19.3. The smallest absolute Gasteiger partial charge is 0.246 e. The minimum absolute atomic E-state index is 0.0620. The topological polar surface area (TPSA) is 79.0 Å². The van der Waals surface area contributed by atoms with Gasteiger partial charge in [-0.05, 0) is 30.3 Å². The lowest BCUT2D eigenvalue weighted by molar-refractivity contribution is -0.116. The average Bonchev–Trinajstić information content (AvgIpc) is 2.73. The zero-order valence-corrected chi connectivity index (χ0v) is 16.0. The number of benzene rings is 2. The molecule has 2 aromatic carbocycles. The zero-order valence-electron chi connectivity index (χ0n) is 15.2. The van der Waals surface area contributed by atoms with Crippen molar-refractivity contribution < 1.29 is 17.9 Å². The fourth-order valence-electron chi connectivity index (χ4n) is 2.79. The normalized spacial score (nSPS) is 15.3. The fourth-order valence-corrected chi connectivity index (χ4v) is 4.25. The Morgan fingerprint density at radius 1 is 1.11 bits per heavy atom. The number of anilines is 2. The van der Waals surface area contributed by atoms with Gasteiger partial charge in [-0.3, -0.25) is 4.79 Å². The van der Waals surface area contributed by atoms with Crippen LogP contribution in [0.15, 0.2) is 59.5 Å². The van der Waals surface area contributed by atoms with Gasteiger partial charge in [-0.1, -0.05) is 24.3 Å². The Bertz CT molecular complexity index is 881. The predicted molar refractivity (Wildman–Crippen MR) is 104 cm³/mol. The first-order valence-electron chi connectivity index (χ1n) is 8.72. The lowest BCUT2D eigenvalue weighted by Gasteiger charge is -2.26. The Morgan fingerprint density at radius 2 is 1.81 bits per heavy atom. The molecule has 1 fully saturated rings. The molecule has 1 amide bonds. The number of carbonyl (C=O) groups is 1. The molecule has 8 heteroatoms. The summed E-state index contributed by atoms with van der Waals surface area (Å²) < 4.78 is 32.1. The molecule has 1 aliphatic rings. The number of para-hydroxylation sites is 1. The number of carbonyl (C=O) groups excluding carboxylic acids is 1. The largest absolute Gasteiger partial charge is 0.379 e. The molecular formula is C19H23N3O4S. The van der Waals surface area contributed by atoms with E-state index in [9.17, 15) is 13.2 Å². The van der Waals surface area contributed by atoms with Crippen LogP contribution in [0.1, 0.15) is 0 Å². The quantitative estimate of drug-likeness (QED) is 0.815. The second kappa shape index (κ2) is 8.51. The summed E-state index contributed by atoms with van der Waals surface area (Å²) in [6, 6.07) is 15.9. The van der Waals surface area contributed by atoms with Gasteiger partial charge in [0, 0.05) is 31.5 Å². The highest BCUT2D eigenvalue weighted by atomic mass is 32.2. The number of nitrogens with zero attached hydrogens (tertiary/aromatic N) is 2. The molecule has 1 aliphatic heterocycles. The molecule has 27 heavy (non-hydrogen) atoms. The molecule has 2 aromatic rings. The van der Waals surface area contributed by atoms with Crippen molar-refractivity contribution in [3.8, 4) is 0 Å². The van der Waals surface area contributed by atoms with Crippen molar-refractivity contribution in [1.82, 2.24) is 4.31 Å². The molecule has 3 rings (SSSR count). The zero-order chi connectivity index (χ0) is 19.3. The van der Waals surface area contributed by atoms with E-state index in [2.05, 4.69) is 5.32 Å². The van der Waals surface area contributed by atoms with Gasteiger partial charge in [0.05, 0.1) is 24.7 Å². The van der Waals surface area contributed by atoms with Crippen LogP contribution in [0, 0.1) is 0 Å². The summed E-state index contributed by atoms with van der Waals surface area (Å²) in [6.45, 7) is 1.56. The van der Waals surface area contributed by atoms with Crippen molar-refractivity contribution in [1.29, 1.82) is 0 Å². The van der Waals surface area contributed by atoms with Crippen LogP contribution < -0.4 is 10.2 Å². The summed E-state index contributed by atoms with van der Waals surface area (Å²) in [6.07, 6.45) is 0. The van der Waals surface area contributed by atoms with Gasteiger partial charge >= 0.3 is 0 Å². The van der Waals surface area contributed by atoms with Crippen LogP contribution in [0.4, 0.5) is 11.4 Å². The third-order valence-corrected chi connectivity index (χ3v) is 6.30. The van der Waals surface area contributed by atoms with E-state index >= 15 is 0 Å². The van der Waals surface area contributed by atoms with Gasteiger partial charge in [0.25, 0.3) is 0 Å². The lowest BCUT2D eigenvalue weighted by atomic mass is 10.3. The predicted octanol–water partition coefficient (Wildman–Crippen LogP) is 1.78. The van der Waals surface area contributed by atoms with Gasteiger partial charge in [0.15, 0.2) is 0 Å². The van der Waals surface area contributed by atoms with Gasteiger partial charge in [0.1, 0.15) is 0 Å². The van der Waals surface area contributed by atoms with Gasteiger partial charge in [-0.2, -0.15) is 4.31 Å². The monoisotopic (exact) mass is 389 g/mol. The molecule has 0 aliphatic carbocycles.